The molecule has 2 aromatic carbocycles. The van der Waals surface area contributed by atoms with Crippen molar-refractivity contribution in [2.75, 3.05) is 26.3 Å². The summed E-state index contributed by atoms with van der Waals surface area (Å²) in [6, 6.07) is 14.7. The Kier molecular flexibility index (Phi) is 5.86. The van der Waals surface area contributed by atoms with E-state index in [-0.39, 0.29) is 17.8 Å². The van der Waals surface area contributed by atoms with Crippen LogP contribution in [0.2, 0.25) is 0 Å². The van der Waals surface area contributed by atoms with Crippen molar-refractivity contribution in [1.82, 2.24) is 4.90 Å². The third-order valence-electron chi connectivity index (χ3n) is 6.26. The first-order valence-corrected chi connectivity index (χ1v) is 10.4. The van der Waals surface area contributed by atoms with Gasteiger partial charge in [0, 0.05) is 44.7 Å². The van der Waals surface area contributed by atoms with E-state index < -0.39 is 5.41 Å². The lowest BCUT2D eigenvalue weighted by molar-refractivity contribution is -0.143. The van der Waals surface area contributed by atoms with E-state index in [1.54, 1.807) is 12.1 Å². The highest BCUT2D eigenvalue weighted by atomic mass is 19.1. The van der Waals surface area contributed by atoms with Crippen LogP contribution in [-0.4, -0.2) is 43.2 Å². The molecule has 2 heterocycles. The van der Waals surface area contributed by atoms with Crippen LogP contribution in [0.1, 0.15) is 36.8 Å². The molecule has 2 saturated heterocycles. The molecule has 0 radical (unpaired) electrons. The topological polar surface area (TPSA) is 38.8 Å². The maximum atomic E-state index is 14.7. The molecule has 0 unspecified atom stereocenters. The number of piperidine rings is 1. The number of carbonyl (C=O) groups excluding carboxylic acids is 1. The average Bonchev–Trinajstić information content (AvgIpc) is 2.76. The van der Waals surface area contributed by atoms with Crippen molar-refractivity contribution in [1.29, 1.82) is 0 Å². The Morgan fingerprint density at radius 2 is 1.72 bits per heavy atom. The highest BCUT2D eigenvalue weighted by Gasteiger charge is 2.46. The van der Waals surface area contributed by atoms with Crippen LogP contribution in [-0.2, 0) is 14.9 Å². The van der Waals surface area contributed by atoms with Crippen molar-refractivity contribution in [3.8, 4) is 5.75 Å². The third-order valence-corrected chi connectivity index (χ3v) is 6.26. The Bertz CT molecular complexity index is 855. The molecule has 0 aromatic heterocycles. The molecular formula is C24H28FNO3. The summed E-state index contributed by atoms with van der Waals surface area (Å²) in [6.07, 6.45) is 2.70. The molecule has 2 aromatic rings. The lowest BCUT2D eigenvalue weighted by Crippen LogP contribution is -2.53. The Morgan fingerprint density at radius 3 is 2.41 bits per heavy atom. The van der Waals surface area contributed by atoms with Gasteiger partial charge in [-0.2, -0.15) is 0 Å². The van der Waals surface area contributed by atoms with E-state index in [9.17, 15) is 9.18 Å². The second-order valence-electron chi connectivity index (χ2n) is 8.05. The molecule has 154 valence electrons. The number of para-hydroxylation sites is 1. The van der Waals surface area contributed by atoms with Crippen LogP contribution in [0.15, 0.2) is 48.5 Å². The zero-order valence-corrected chi connectivity index (χ0v) is 16.9. The van der Waals surface area contributed by atoms with E-state index in [1.165, 1.54) is 6.07 Å². The summed E-state index contributed by atoms with van der Waals surface area (Å²) in [5.41, 5.74) is 0.797. The summed E-state index contributed by atoms with van der Waals surface area (Å²) in [7, 11) is 0. The predicted octanol–water partition coefficient (Wildman–Crippen LogP) is 4.25. The second-order valence-corrected chi connectivity index (χ2v) is 8.05. The normalized spacial score (nSPS) is 19.7. The fraction of sp³-hybridized carbons (Fsp3) is 0.458. The molecule has 1 amide bonds. The Labute approximate surface area is 171 Å². The highest BCUT2D eigenvalue weighted by molar-refractivity contribution is 5.88. The van der Waals surface area contributed by atoms with Crippen molar-refractivity contribution < 1.29 is 18.7 Å². The van der Waals surface area contributed by atoms with Gasteiger partial charge in [0.15, 0.2) is 0 Å². The predicted molar refractivity (Wildman–Crippen MR) is 110 cm³/mol. The summed E-state index contributed by atoms with van der Waals surface area (Å²) < 4.78 is 26.3. The second kappa shape index (κ2) is 8.54. The van der Waals surface area contributed by atoms with Gasteiger partial charge in [-0.3, -0.25) is 4.79 Å². The Hall–Kier alpha value is -2.40. The zero-order valence-electron chi connectivity index (χ0n) is 16.9. The number of benzene rings is 2. The summed E-state index contributed by atoms with van der Waals surface area (Å²) in [5, 5.41) is 0. The minimum atomic E-state index is -0.826. The van der Waals surface area contributed by atoms with Gasteiger partial charge in [-0.15, -0.1) is 0 Å². The van der Waals surface area contributed by atoms with Crippen molar-refractivity contribution >= 4 is 5.91 Å². The number of amides is 1. The van der Waals surface area contributed by atoms with Gasteiger partial charge in [-0.05, 0) is 37.5 Å². The number of halogens is 1. The number of hydrogen-bond acceptors (Lipinski definition) is 3. The van der Waals surface area contributed by atoms with Gasteiger partial charge >= 0.3 is 0 Å². The molecular weight excluding hydrogens is 369 g/mol. The van der Waals surface area contributed by atoms with Crippen molar-refractivity contribution in [2.24, 2.45) is 0 Å². The molecule has 0 bridgehead atoms. The lowest BCUT2D eigenvalue weighted by Gasteiger charge is -2.42. The van der Waals surface area contributed by atoms with Crippen LogP contribution in [0.25, 0.3) is 0 Å². The molecule has 29 heavy (non-hydrogen) atoms. The monoisotopic (exact) mass is 397 g/mol. The minimum Gasteiger partial charge on any atom is -0.490 e. The molecule has 4 nitrogen and oxygen atoms in total. The average molecular weight is 397 g/mol. The summed E-state index contributed by atoms with van der Waals surface area (Å²) >= 11 is 0. The number of nitrogens with zero attached hydrogens (tertiary/aromatic N) is 1. The number of ether oxygens (including phenoxy) is 2. The molecule has 0 saturated carbocycles. The SMILES string of the molecule is Cc1ccccc1OC1CCN(C(=O)C2(c3ccccc3F)CCOCC2)CC1. The summed E-state index contributed by atoms with van der Waals surface area (Å²) in [6.45, 7) is 4.26. The van der Waals surface area contributed by atoms with Gasteiger partial charge in [-0.1, -0.05) is 36.4 Å². The van der Waals surface area contributed by atoms with Gasteiger partial charge in [0.1, 0.15) is 17.7 Å². The number of rotatable bonds is 4. The first kappa shape index (κ1) is 19.9. The number of aryl methyl sites for hydroxylation is 1. The smallest absolute Gasteiger partial charge is 0.233 e. The Morgan fingerprint density at radius 1 is 1.07 bits per heavy atom. The maximum absolute atomic E-state index is 14.7. The van der Waals surface area contributed by atoms with Crippen molar-refractivity contribution in [3.63, 3.8) is 0 Å². The van der Waals surface area contributed by atoms with Crippen LogP contribution in [0.5, 0.6) is 5.75 Å². The molecule has 0 N–H and O–H groups in total. The molecule has 2 aliphatic rings. The van der Waals surface area contributed by atoms with Gasteiger partial charge in [0.05, 0.1) is 5.41 Å². The molecule has 2 fully saturated rings. The van der Waals surface area contributed by atoms with Gasteiger partial charge in [-0.25, -0.2) is 4.39 Å². The molecule has 0 aliphatic carbocycles. The fourth-order valence-corrected chi connectivity index (χ4v) is 4.52. The molecule has 0 atom stereocenters. The number of hydrogen-bond donors (Lipinski definition) is 0. The number of likely N-dealkylation sites (tertiary alicyclic amines) is 1. The van der Waals surface area contributed by atoms with Crippen LogP contribution in [0.4, 0.5) is 4.39 Å². The van der Waals surface area contributed by atoms with E-state index in [1.807, 2.05) is 42.2 Å². The standard InChI is InChI=1S/C24H28FNO3/c1-18-6-2-5-9-22(18)29-19-10-14-26(15-11-19)23(27)24(12-16-28-17-13-24)20-7-3-4-8-21(20)25/h2-9,19H,10-17H2,1H3. The first-order chi connectivity index (χ1) is 14.1. The van der Waals surface area contributed by atoms with E-state index >= 15 is 0 Å². The van der Waals surface area contributed by atoms with E-state index in [0.717, 1.165) is 24.2 Å². The van der Waals surface area contributed by atoms with E-state index in [0.29, 0.717) is 44.7 Å². The van der Waals surface area contributed by atoms with Gasteiger partial charge in [0.25, 0.3) is 0 Å². The van der Waals surface area contributed by atoms with Crippen LogP contribution in [0, 0.1) is 12.7 Å². The first-order valence-electron chi connectivity index (χ1n) is 10.4. The number of carbonyl (C=O) groups is 1. The van der Waals surface area contributed by atoms with Crippen LogP contribution in [0.3, 0.4) is 0 Å². The van der Waals surface area contributed by atoms with Crippen molar-refractivity contribution in [2.45, 2.75) is 44.1 Å². The quantitative estimate of drug-likeness (QED) is 0.774. The summed E-state index contributed by atoms with van der Waals surface area (Å²) in [5.74, 6) is 0.630. The van der Waals surface area contributed by atoms with Gasteiger partial charge in [0.2, 0.25) is 5.91 Å². The highest BCUT2D eigenvalue weighted by Crippen LogP contribution is 2.39. The van der Waals surface area contributed by atoms with E-state index in [2.05, 4.69) is 0 Å². The summed E-state index contributed by atoms with van der Waals surface area (Å²) in [4.78, 5) is 15.5. The molecule has 0 spiro atoms. The molecule has 5 heteroatoms. The maximum Gasteiger partial charge on any atom is 0.233 e. The Balaban J connectivity index is 1.47. The zero-order chi connectivity index (χ0) is 20.3. The van der Waals surface area contributed by atoms with Crippen LogP contribution < -0.4 is 4.74 Å². The minimum absolute atomic E-state index is 0.0280. The fourth-order valence-electron chi connectivity index (χ4n) is 4.52. The third kappa shape index (κ3) is 4.01. The molecule has 4 rings (SSSR count). The van der Waals surface area contributed by atoms with Crippen LogP contribution >= 0.6 is 0 Å². The van der Waals surface area contributed by atoms with Crippen molar-refractivity contribution in [3.05, 3.63) is 65.5 Å². The van der Waals surface area contributed by atoms with E-state index in [4.69, 9.17) is 9.47 Å². The largest absolute Gasteiger partial charge is 0.490 e. The molecule has 2 aliphatic heterocycles. The lowest BCUT2D eigenvalue weighted by atomic mass is 9.72. The van der Waals surface area contributed by atoms with Gasteiger partial charge < -0.3 is 14.4 Å².